The largest absolute Gasteiger partial charge is 0.573 e. The van der Waals surface area contributed by atoms with Crippen LogP contribution in [0.2, 0.25) is 5.15 Å². The van der Waals surface area contributed by atoms with Crippen LogP contribution in [0, 0.1) is 0 Å². The van der Waals surface area contributed by atoms with E-state index in [9.17, 15) is 18.0 Å². The van der Waals surface area contributed by atoms with E-state index in [1.54, 1.807) is 24.3 Å². The standard InChI is InChI=1S/C16H11ClF3N3O2/c17-14-12-5-4-10(7-13(12)15(24)23-22-14)21-8-9-2-1-3-11(6-9)25-16(18,19)20/h1-7,21H,8H2,(H,23,24). The van der Waals surface area contributed by atoms with Gasteiger partial charge in [0.25, 0.3) is 5.56 Å². The Morgan fingerprint density at radius 1 is 1.16 bits per heavy atom. The van der Waals surface area contributed by atoms with Crippen LogP contribution in [0.3, 0.4) is 0 Å². The average Bonchev–Trinajstić information content (AvgIpc) is 2.55. The Bertz CT molecular complexity index is 973. The van der Waals surface area contributed by atoms with Crippen LogP contribution in [0.5, 0.6) is 5.75 Å². The number of fused-ring (bicyclic) bond motifs is 1. The topological polar surface area (TPSA) is 67.0 Å². The van der Waals surface area contributed by atoms with Gasteiger partial charge in [-0.3, -0.25) is 4.79 Å². The van der Waals surface area contributed by atoms with Gasteiger partial charge in [-0.2, -0.15) is 5.10 Å². The number of ether oxygens (including phenoxy) is 1. The number of nitrogens with zero attached hydrogens (tertiary/aromatic N) is 1. The summed E-state index contributed by atoms with van der Waals surface area (Å²) in [7, 11) is 0. The first-order valence-corrected chi connectivity index (χ1v) is 7.46. The zero-order chi connectivity index (χ0) is 18.0. The normalized spacial score (nSPS) is 11.5. The first kappa shape index (κ1) is 17.1. The minimum Gasteiger partial charge on any atom is -0.406 e. The molecule has 0 saturated carbocycles. The first-order valence-electron chi connectivity index (χ1n) is 7.08. The van der Waals surface area contributed by atoms with Crippen molar-refractivity contribution in [3.05, 3.63) is 63.5 Å². The van der Waals surface area contributed by atoms with E-state index < -0.39 is 6.36 Å². The lowest BCUT2D eigenvalue weighted by molar-refractivity contribution is -0.274. The van der Waals surface area contributed by atoms with Crippen molar-refractivity contribution in [3.63, 3.8) is 0 Å². The van der Waals surface area contributed by atoms with E-state index in [2.05, 4.69) is 20.3 Å². The molecule has 1 aromatic heterocycles. The zero-order valence-corrected chi connectivity index (χ0v) is 13.3. The number of hydrogen-bond donors (Lipinski definition) is 2. The molecule has 0 radical (unpaired) electrons. The van der Waals surface area contributed by atoms with Gasteiger partial charge in [0.05, 0.1) is 5.39 Å². The SMILES string of the molecule is O=c1[nH]nc(Cl)c2ccc(NCc3cccc(OC(F)(F)F)c3)cc12. The fourth-order valence-electron chi connectivity index (χ4n) is 2.30. The molecule has 0 atom stereocenters. The molecule has 5 nitrogen and oxygen atoms in total. The smallest absolute Gasteiger partial charge is 0.406 e. The van der Waals surface area contributed by atoms with Crippen LogP contribution in [-0.4, -0.2) is 16.6 Å². The number of hydrogen-bond acceptors (Lipinski definition) is 4. The number of nitrogens with one attached hydrogen (secondary N) is 2. The molecule has 25 heavy (non-hydrogen) atoms. The van der Waals surface area contributed by atoms with Crippen LogP contribution in [-0.2, 0) is 6.54 Å². The fraction of sp³-hybridized carbons (Fsp3) is 0.125. The highest BCUT2D eigenvalue weighted by atomic mass is 35.5. The number of halogens is 4. The molecule has 0 amide bonds. The highest BCUT2D eigenvalue weighted by molar-refractivity contribution is 6.34. The summed E-state index contributed by atoms with van der Waals surface area (Å²) in [5, 5.41) is 10.0. The van der Waals surface area contributed by atoms with Crippen LogP contribution in [0.4, 0.5) is 18.9 Å². The molecule has 0 aliphatic heterocycles. The van der Waals surface area contributed by atoms with Gasteiger partial charge < -0.3 is 10.1 Å². The molecule has 0 unspecified atom stereocenters. The maximum absolute atomic E-state index is 12.3. The molecule has 0 aliphatic rings. The number of aromatic nitrogens is 2. The number of H-pyrrole nitrogens is 1. The van der Waals surface area contributed by atoms with Crippen LogP contribution in [0.25, 0.3) is 10.8 Å². The van der Waals surface area contributed by atoms with Crippen molar-refractivity contribution >= 4 is 28.1 Å². The molecule has 9 heteroatoms. The Kier molecular flexibility index (Phi) is 4.54. The van der Waals surface area contributed by atoms with Crippen LogP contribution in [0.1, 0.15) is 5.56 Å². The third kappa shape index (κ3) is 4.21. The van der Waals surface area contributed by atoms with Gasteiger partial charge in [0, 0.05) is 17.6 Å². The Hall–Kier alpha value is -2.74. The van der Waals surface area contributed by atoms with Crippen molar-refractivity contribution < 1.29 is 17.9 Å². The molecule has 2 aromatic carbocycles. The molecule has 0 fully saturated rings. The minimum atomic E-state index is -4.74. The monoisotopic (exact) mass is 369 g/mol. The van der Waals surface area contributed by atoms with E-state index in [1.165, 1.54) is 18.2 Å². The van der Waals surface area contributed by atoms with Gasteiger partial charge in [0.2, 0.25) is 0 Å². The molecule has 1 heterocycles. The van der Waals surface area contributed by atoms with Gasteiger partial charge in [-0.1, -0.05) is 23.7 Å². The van der Waals surface area contributed by atoms with Crippen molar-refractivity contribution in [3.8, 4) is 5.75 Å². The van der Waals surface area contributed by atoms with Crippen molar-refractivity contribution in [2.45, 2.75) is 12.9 Å². The number of anilines is 1. The molecule has 0 spiro atoms. The Morgan fingerprint density at radius 2 is 1.96 bits per heavy atom. The lowest BCUT2D eigenvalue weighted by Crippen LogP contribution is -2.17. The number of benzene rings is 2. The lowest BCUT2D eigenvalue weighted by Gasteiger charge is -2.11. The second-order valence-electron chi connectivity index (χ2n) is 5.15. The third-order valence-electron chi connectivity index (χ3n) is 3.37. The zero-order valence-electron chi connectivity index (χ0n) is 12.5. The van der Waals surface area contributed by atoms with Gasteiger partial charge in [0.15, 0.2) is 5.15 Å². The molecule has 0 aliphatic carbocycles. The van der Waals surface area contributed by atoms with Crippen molar-refractivity contribution in [2.24, 2.45) is 0 Å². The van der Waals surface area contributed by atoms with E-state index >= 15 is 0 Å². The molecule has 0 bridgehead atoms. The summed E-state index contributed by atoms with van der Waals surface area (Å²) in [6.45, 7) is 0.247. The lowest BCUT2D eigenvalue weighted by atomic mass is 10.1. The number of aromatic amines is 1. The Labute approximate surface area is 144 Å². The number of rotatable bonds is 4. The summed E-state index contributed by atoms with van der Waals surface area (Å²) in [4.78, 5) is 11.8. The molecule has 0 saturated heterocycles. The molecule has 3 aromatic rings. The van der Waals surface area contributed by atoms with E-state index in [4.69, 9.17) is 11.6 Å². The van der Waals surface area contributed by atoms with Gasteiger partial charge in [-0.05, 0) is 35.9 Å². The highest BCUT2D eigenvalue weighted by Gasteiger charge is 2.31. The summed E-state index contributed by atoms with van der Waals surface area (Å²) in [6.07, 6.45) is -4.74. The third-order valence-corrected chi connectivity index (χ3v) is 3.66. The Balaban J connectivity index is 1.78. The maximum Gasteiger partial charge on any atom is 0.573 e. The maximum atomic E-state index is 12.3. The second kappa shape index (κ2) is 6.64. The van der Waals surface area contributed by atoms with E-state index in [-0.39, 0.29) is 23.0 Å². The van der Waals surface area contributed by atoms with Crippen molar-refractivity contribution in [1.29, 1.82) is 0 Å². The quantitative estimate of drug-likeness (QED) is 0.727. The molecule has 3 rings (SSSR count). The van der Waals surface area contributed by atoms with Crippen LogP contribution in [0.15, 0.2) is 47.3 Å². The van der Waals surface area contributed by atoms with Gasteiger partial charge in [-0.25, -0.2) is 5.10 Å². The van der Waals surface area contributed by atoms with E-state index in [0.717, 1.165) is 0 Å². The molecular weight excluding hydrogens is 359 g/mol. The summed E-state index contributed by atoms with van der Waals surface area (Å²) < 4.78 is 40.7. The van der Waals surface area contributed by atoms with Crippen LogP contribution >= 0.6 is 11.6 Å². The summed E-state index contributed by atoms with van der Waals surface area (Å²) >= 11 is 5.92. The van der Waals surface area contributed by atoms with Gasteiger partial charge in [0.1, 0.15) is 5.75 Å². The predicted octanol–water partition coefficient (Wildman–Crippen LogP) is 4.09. The fourth-order valence-corrected chi connectivity index (χ4v) is 2.51. The van der Waals surface area contributed by atoms with Crippen molar-refractivity contribution in [1.82, 2.24) is 10.2 Å². The van der Waals surface area contributed by atoms with Gasteiger partial charge >= 0.3 is 6.36 Å². The minimum absolute atomic E-state index is 0.179. The molecular formula is C16H11ClF3N3O2. The van der Waals surface area contributed by atoms with E-state index in [1.807, 2.05) is 0 Å². The average molecular weight is 370 g/mol. The van der Waals surface area contributed by atoms with E-state index in [0.29, 0.717) is 22.0 Å². The first-order chi connectivity index (χ1) is 11.8. The molecule has 130 valence electrons. The van der Waals surface area contributed by atoms with Crippen molar-refractivity contribution in [2.75, 3.05) is 5.32 Å². The van der Waals surface area contributed by atoms with Crippen LogP contribution < -0.4 is 15.6 Å². The summed E-state index contributed by atoms with van der Waals surface area (Å²) in [5.41, 5.74) is 0.814. The highest BCUT2D eigenvalue weighted by Crippen LogP contribution is 2.24. The second-order valence-corrected chi connectivity index (χ2v) is 5.51. The number of alkyl halides is 3. The predicted molar refractivity (Wildman–Crippen MR) is 87.8 cm³/mol. The summed E-state index contributed by atoms with van der Waals surface area (Å²) in [5.74, 6) is -0.292. The Morgan fingerprint density at radius 3 is 2.72 bits per heavy atom. The molecule has 2 N–H and O–H groups in total. The van der Waals surface area contributed by atoms with Gasteiger partial charge in [-0.15, -0.1) is 13.2 Å². The summed E-state index contributed by atoms with van der Waals surface area (Å²) in [6, 6.07) is 10.6.